The summed E-state index contributed by atoms with van der Waals surface area (Å²) in [5.41, 5.74) is 3.79. The Morgan fingerprint density at radius 3 is 2.38 bits per heavy atom. The average molecular weight is 467 g/mol. The van der Waals surface area contributed by atoms with Gasteiger partial charge in [0.2, 0.25) is 11.8 Å². The van der Waals surface area contributed by atoms with Gasteiger partial charge in [-0.05, 0) is 29.7 Å². The van der Waals surface area contributed by atoms with Crippen molar-refractivity contribution in [3.8, 4) is 0 Å². The quantitative estimate of drug-likeness (QED) is 0.648. The minimum Gasteiger partial charge on any atom is -0.392 e. The number of benzene rings is 2. The van der Waals surface area contributed by atoms with Crippen molar-refractivity contribution in [2.45, 2.75) is 38.6 Å². The molecule has 3 heterocycles. The molecule has 2 fully saturated rings. The zero-order chi connectivity index (χ0) is 23.8. The summed E-state index contributed by atoms with van der Waals surface area (Å²) in [5, 5.41) is 11.5. The lowest BCUT2D eigenvalue weighted by Crippen LogP contribution is -2.52. The number of carbonyl (C=O) groups excluding carboxylic acids is 3. The monoisotopic (exact) mass is 466 g/mol. The van der Waals surface area contributed by atoms with Crippen molar-refractivity contribution >= 4 is 23.4 Å². The zero-order valence-corrected chi connectivity index (χ0v) is 18.8. The summed E-state index contributed by atoms with van der Waals surface area (Å²) in [4.78, 5) is 42.8. The van der Waals surface area contributed by atoms with E-state index in [9.17, 15) is 23.9 Å². The van der Waals surface area contributed by atoms with Crippen LogP contribution in [0.5, 0.6) is 0 Å². The molecule has 8 nitrogen and oxygen atoms in total. The molecule has 2 aromatic carbocycles. The molecule has 34 heavy (non-hydrogen) atoms. The predicted molar refractivity (Wildman–Crippen MR) is 122 cm³/mol. The lowest BCUT2D eigenvalue weighted by Gasteiger charge is -2.37. The van der Waals surface area contributed by atoms with Crippen LogP contribution in [0.3, 0.4) is 0 Å². The van der Waals surface area contributed by atoms with E-state index in [4.69, 9.17) is 0 Å². The summed E-state index contributed by atoms with van der Waals surface area (Å²) in [6, 6.07) is 9.89. The maximum absolute atomic E-state index is 14.5. The molecule has 0 spiro atoms. The molecule has 0 radical (unpaired) electrons. The molecule has 3 aliphatic heterocycles. The first-order valence-corrected chi connectivity index (χ1v) is 11.6. The summed E-state index contributed by atoms with van der Waals surface area (Å²) < 4.78 is 14.5. The van der Waals surface area contributed by atoms with Gasteiger partial charge in [-0.1, -0.05) is 24.3 Å². The highest BCUT2D eigenvalue weighted by atomic mass is 19.1. The number of piperazine rings is 1. The van der Waals surface area contributed by atoms with E-state index in [1.165, 1.54) is 22.6 Å². The second kappa shape index (κ2) is 9.15. The number of anilines is 1. The van der Waals surface area contributed by atoms with E-state index in [-0.39, 0.29) is 37.8 Å². The number of aliphatic hydroxyl groups excluding tert-OH is 1. The topological polar surface area (TPSA) is 93.2 Å². The number of carbonyl (C=O) groups is 3. The Kier molecular flexibility index (Phi) is 6.05. The maximum Gasteiger partial charge on any atom is 0.255 e. The van der Waals surface area contributed by atoms with Crippen molar-refractivity contribution < 1.29 is 23.9 Å². The summed E-state index contributed by atoms with van der Waals surface area (Å²) in [5.74, 6) is -1.65. The van der Waals surface area contributed by atoms with E-state index in [0.29, 0.717) is 24.3 Å². The van der Waals surface area contributed by atoms with Gasteiger partial charge in [-0.25, -0.2) is 4.39 Å². The van der Waals surface area contributed by atoms with Crippen LogP contribution in [0.15, 0.2) is 36.4 Å². The van der Waals surface area contributed by atoms with Crippen LogP contribution in [-0.4, -0.2) is 64.8 Å². The van der Waals surface area contributed by atoms with Crippen LogP contribution in [0.25, 0.3) is 0 Å². The van der Waals surface area contributed by atoms with E-state index < -0.39 is 17.8 Å². The first-order chi connectivity index (χ1) is 16.4. The van der Waals surface area contributed by atoms with Crippen molar-refractivity contribution in [1.29, 1.82) is 0 Å². The molecule has 2 saturated heterocycles. The molecule has 1 atom stereocenters. The van der Waals surface area contributed by atoms with Crippen LogP contribution < -0.4 is 10.2 Å². The third kappa shape index (κ3) is 4.28. The third-order valence-corrected chi connectivity index (χ3v) is 6.92. The van der Waals surface area contributed by atoms with Gasteiger partial charge in [-0.15, -0.1) is 0 Å². The van der Waals surface area contributed by atoms with Gasteiger partial charge in [-0.3, -0.25) is 24.6 Å². The first kappa shape index (κ1) is 22.5. The summed E-state index contributed by atoms with van der Waals surface area (Å²) in [6.45, 7) is 4.01. The average Bonchev–Trinajstić information content (AvgIpc) is 3.15. The summed E-state index contributed by atoms with van der Waals surface area (Å²) in [6.07, 6.45) is 0.461. The number of nitrogens with one attached hydrogen (secondary N) is 1. The van der Waals surface area contributed by atoms with Crippen molar-refractivity contribution in [3.05, 3.63) is 64.5 Å². The molecule has 3 amide bonds. The number of aliphatic hydroxyl groups is 1. The van der Waals surface area contributed by atoms with E-state index >= 15 is 0 Å². The first-order valence-electron chi connectivity index (χ1n) is 11.6. The Balaban J connectivity index is 1.29. The van der Waals surface area contributed by atoms with Crippen molar-refractivity contribution in [2.75, 3.05) is 31.1 Å². The van der Waals surface area contributed by atoms with Gasteiger partial charge in [0.15, 0.2) is 0 Å². The Morgan fingerprint density at radius 1 is 1.00 bits per heavy atom. The van der Waals surface area contributed by atoms with Gasteiger partial charge >= 0.3 is 0 Å². The van der Waals surface area contributed by atoms with Crippen LogP contribution in [0.1, 0.15) is 39.9 Å². The highest BCUT2D eigenvalue weighted by Gasteiger charge is 2.41. The van der Waals surface area contributed by atoms with Crippen LogP contribution in [0.2, 0.25) is 0 Å². The molecular weight excluding hydrogens is 439 g/mol. The number of hydrogen-bond donors (Lipinski definition) is 2. The van der Waals surface area contributed by atoms with E-state index in [0.717, 1.165) is 30.8 Å². The number of hydrogen-bond acceptors (Lipinski definition) is 6. The minimum atomic E-state index is -0.720. The Morgan fingerprint density at radius 2 is 1.71 bits per heavy atom. The Bertz CT molecular complexity index is 1130. The second-order valence-electron chi connectivity index (χ2n) is 9.09. The molecule has 178 valence electrons. The number of amides is 3. The fourth-order valence-electron chi connectivity index (χ4n) is 5.04. The molecule has 0 aromatic heterocycles. The van der Waals surface area contributed by atoms with Gasteiger partial charge in [0, 0.05) is 62.5 Å². The lowest BCUT2D eigenvalue weighted by atomic mass is 10.0. The van der Waals surface area contributed by atoms with Gasteiger partial charge in [0.05, 0.1) is 6.61 Å². The highest BCUT2D eigenvalue weighted by Crippen LogP contribution is 2.35. The molecule has 3 aliphatic rings. The number of imide groups is 1. The van der Waals surface area contributed by atoms with Crippen molar-refractivity contribution in [2.24, 2.45) is 0 Å². The molecule has 2 N–H and O–H groups in total. The minimum absolute atomic E-state index is 0.0282. The SMILES string of the molecule is O=C1CCC(N2Cc3c(cc(F)cc3N3CCN(Cc4ccc(CO)cc4)CC3)C2=O)C(=O)N1. The highest BCUT2D eigenvalue weighted by molar-refractivity contribution is 6.06. The second-order valence-corrected chi connectivity index (χ2v) is 9.09. The van der Waals surface area contributed by atoms with Gasteiger partial charge in [-0.2, -0.15) is 0 Å². The Labute approximate surface area is 196 Å². The smallest absolute Gasteiger partial charge is 0.255 e. The molecule has 0 saturated carbocycles. The molecule has 5 rings (SSSR count). The molecule has 0 bridgehead atoms. The summed E-state index contributed by atoms with van der Waals surface area (Å²) >= 11 is 0. The van der Waals surface area contributed by atoms with Crippen molar-refractivity contribution in [1.82, 2.24) is 15.1 Å². The zero-order valence-electron chi connectivity index (χ0n) is 18.8. The molecular formula is C25H27FN4O4. The lowest BCUT2D eigenvalue weighted by molar-refractivity contribution is -0.136. The Hall–Kier alpha value is -3.30. The maximum atomic E-state index is 14.5. The van der Waals surface area contributed by atoms with E-state index in [1.54, 1.807) is 0 Å². The fourth-order valence-corrected chi connectivity index (χ4v) is 5.04. The van der Waals surface area contributed by atoms with Crippen molar-refractivity contribution in [3.63, 3.8) is 0 Å². The fraction of sp³-hybridized carbons (Fsp3) is 0.400. The largest absolute Gasteiger partial charge is 0.392 e. The van der Waals surface area contributed by atoms with Gasteiger partial charge in [0.25, 0.3) is 5.91 Å². The molecule has 9 heteroatoms. The van der Waals surface area contributed by atoms with Crippen LogP contribution in [-0.2, 0) is 29.3 Å². The molecule has 1 unspecified atom stereocenters. The number of nitrogens with zero attached hydrogens (tertiary/aromatic N) is 3. The standard InChI is InChI=1S/C25H27FN4O4/c26-18-11-19-20(14-30(25(19)34)21-5-6-23(32)27-24(21)33)22(12-18)29-9-7-28(8-10-29)13-16-1-3-17(15-31)4-2-16/h1-4,11-12,21,31H,5-10,13-15H2,(H,27,32,33). The van der Waals surface area contributed by atoms with Crippen LogP contribution >= 0.6 is 0 Å². The van der Waals surface area contributed by atoms with Crippen LogP contribution in [0.4, 0.5) is 10.1 Å². The van der Waals surface area contributed by atoms with Crippen LogP contribution in [0, 0.1) is 5.82 Å². The summed E-state index contributed by atoms with van der Waals surface area (Å²) in [7, 11) is 0. The number of fused-ring (bicyclic) bond motifs is 1. The third-order valence-electron chi connectivity index (χ3n) is 6.92. The van der Waals surface area contributed by atoms with Gasteiger partial charge in [0.1, 0.15) is 11.9 Å². The van der Waals surface area contributed by atoms with E-state index in [1.807, 2.05) is 24.3 Å². The number of piperidine rings is 1. The molecule has 0 aliphatic carbocycles. The predicted octanol–water partition coefficient (Wildman–Crippen LogP) is 1.40. The van der Waals surface area contributed by atoms with E-state index in [2.05, 4.69) is 15.1 Å². The number of halogens is 1. The van der Waals surface area contributed by atoms with Gasteiger partial charge < -0.3 is 14.9 Å². The molecule has 2 aromatic rings. The normalized spacial score (nSPS) is 21.1. The number of rotatable bonds is 5.